The average Bonchev–Trinajstić information content (AvgIpc) is 3.15. The molecule has 2 N–H and O–H groups in total. The van der Waals surface area contributed by atoms with Crippen molar-refractivity contribution in [1.29, 1.82) is 0 Å². The topological polar surface area (TPSA) is 98.1 Å². The van der Waals surface area contributed by atoms with E-state index in [1.54, 1.807) is 55.1 Å². The molecular weight excluding hydrogens is 450 g/mol. The van der Waals surface area contributed by atoms with E-state index in [-0.39, 0.29) is 23.6 Å². The zero-order valence-corrected chi connectivity index (χ0v) is 19.8. The molecule has 0 aliphatic carbocycles. The van der Waals surface area contributed by atoms with E-state index in [2.05, 4.69) is 20.8 Å². The van der Waals surface area contributed by atoms with Gasteiger partial charge in [-0.3, -0.25) is 9.59 Å². The smallest absolute Gasteiger partial charge is 0.251 e. The van der Waals surface area contributed by atoms with Gasteiger partial charge < -0.3 is 19.9 Å². The summed E-state index contributed by atoms with van der Waals surface area (Å²) in [6.45, 7) is 3.73. The molecule has 32 heavy (non-hydrogen) atoms. The second-order valence-corrected chi connectivity index (χ2v) is 8.47. The Labute approximate surface area is 195 Å². The zero-order valence-electron chi connectivity index (χ0n) is 18.2. The van der Waals surface area contributed by atoms with Crippen molar-refractivity contribution in [2.75, 3.05) is 18.2 Å². The standard InChI is InChI=1S/C22H24ClN5O3S/c1-13-5-8-16(11-18(13)23)25-19(29)12-32-22-27-26-20(28(22)3)14(2)24-21(30)15-6-9-17(31-4)10-7-15/h5-11,14H,12H2,1-4H3,(H,24,30)(H,25,29). The van der Waals surface area contributed by atoms with Gasteiger partial charge in [-0.15, -0.1) is 10.2 Å². The number of nitrogens with zero attached hydrogens (tertiary/aromatic N) is 3. The van der Waals surface area contributed by atoms with Gasteiger partial charge in [-0.25, -0.2) is 0 Å². The highest BCUT2D eigenvalue weighted by atomic mass is 35.5. The number of aryl methyl sites for hydroxylation is 1. The highest BCUT2D eigenvalue weighted by Gasteiger charge is 2.19. The van der Waals surface area contributed by atoms with Crippen LogP contribution in [0.5, 0.6) is 5.75 Å². The number of thioether (sulfide) groups is 1. The fourth-order valence-corrected chi connectivity index (χ4v) is 3.81. The van der Waals surface area contributed by atoms with Gasteiger partial charge in [-0.2, -0.15) is 0 Å². The maximum atomic E-state index is 12.5. The van der Waals surface area contributed by atoms with E-state index in [4.69, 9.17) is 16.3 Å². The van der Waals surface area contributed by atoms with E-state index in [1.807, 2.05) is 19.9 Å². The van der Waals surface area contributed by atoms with Crippen LogP contribution in [-0.4, -0.2) is 39.4 Å². The largest absolute Gasteiger partial charge is 0.497 e. The van der Waals surface area contributed by atoms with Gasteiger partial charge in [-0.05, 0) is 55.8 Å². The summed E-state index contributed by atoms with van der Waals surface area (Å²) in [6, 6.07) is 11.8. The number of halogens is 1. The van der Waals surface area contributed by atoms with Crippen LogP contribution in [0.2, 0.25) is 5.02 Å². The lowest BCUT2D eigenvalue weighted by Crippen LogP contribution is -2.28. The molecule has 2 aromatic carbocycles. The van der Waals surface area contributed by atoms with Crippen molar-refractivity contribution in [3.8, 4) is 5.75 Å². The Morgan fingerprint density at radius 3 is 2.56 bits per heavy atom. The fourth-order valence-electron chi connectivity index (χ4n) is 2.91. The first kappa shape index (κ1) is 23.6. The molecule has 3 rings (SSSR count). The summed E-state index contributed by atoms with van der Waals surface area (Å²) in [5, 5.41) is 15.2. The molecule has 10 heteroatoms. The summed E-state index contributed by atoms with van der Waals surface area (Å²) < 4.78 is 6.87. The lowest BCUT2D eigenvalue weighted by molar-refractivity contribution is -0.113. The van der Waals surface area contributed by atoms with Gasteiger partial charge in [0.05, 0.1) is 18.9 Å². The van der Waals surface area contributed by atoms with Gasteiger partial charge >= 0.3 is 0 Å². The van der Waals surface area contributed by atoms with Crippen LogP contribution < -0.4 is 15.4 Å². The maximum absolute atomic E-state index is 12.5. The molecule has 0 aliphatic heterocycles. The minimum Gasteiger partial charge on any atom is -0.497 e. The number of aromatic nitrogens is 3. The first-order chi connectivity index (χ1) is 15.3. The van der Waals surface area contributed by atoms with Crippen molar-refractivity contribution in [2.24, 2.45) is 7.05 Å². The van der Waals surface area contributed by atoms with Crippen molar-refractivity contribution in [1.82, 2.24) is 20.1 Å². The van der Waals surface area contributed by atoms with Crippen LogP contribution in [0.15, 0.2) is 47.6 Å². The number of amides is 2. The van der Waals surface area contributed by atoms with E-state index in [9.17, 15) is 9.59 Å². The van der Waals surface area contributed by atoms with Crippen LogP contribution in [-0.2, 0) is 11.8 Å². The molecule has 0 spiro atoms. The molecule has 1 unspecified atom stereocenters. The summed E-state index contributed by atoms with van der Waals surface area (Å²) in [4.78, 5) is 24.8. The highest BCUT2D eigenvalue weighted by Crippen LogP contribution is 2.22. The van der Waals surface area contributed by atoms with Crippen LogP contribution >= 0.6 is 23.4 Å². The van der Waals surface area contributed by atoms with E-state index in [0.29, 0.717) is 33.0 Å². The van der Waals surface area contributed by atoms with E-state index < -0.39 is 0 Å². The Bertz CT molecular complexity index is 1120. The van der Waals surface area contributed by atoms with Gasteiger partial charge in [0, 0.05) is 23.3 Å². The van der Waals surface area contributed by atoms with Gasteiger partial charge in [0.15, 0.2) is 11.0 Å². The van der Waals surface area contributed by atoms with Crippen LogP contribution in [0.3, 0.4) is 0 Å². The summed E-state index contributed by atoms with van der Waals surface area (Å²) in [5.74, 6) is 1.01. The lowest BCUT2D eigenvalue weighted by atomic mass is 10.2. The first-order valence-electron chi connectivity index (χ1n) is 9.81. The Morgan fingerprint density at radius 1 is 1.19 bits per heavy atom. The summed E-state index contributed by atoms with van der Waals surface area (Å²) >= 11 is 7.36. The number of carbonyl (C=O) groups is 2. The second kappa shape index (κ2) is 10.5. The third-order valence-corrected chi connectivity index (χ3v) is 6.17. The number of ether oxygens (including phenoxy) is 1. The molecule has 168 valence electrons. The van der Waals surface area contributed by atoms with E-state index in [1.165, 1.54) is 11.8 Å². The van der Waals surface area contributed by atoms with E-state index in [0.717, 1.165) is 5.56 Å². The minimum atomic E-state index is -0.375. The lowest BCUT2D eigenvalue weighted by Gasteiger charge is -2.14. The molecule has 0 aliphatic rings. The summed E-state index contributed by atoms with van der Waals surface area (Å²) in [6.07, 6.45) is 0. The number of rotatable bonds is 8. The Kier molecular flexibility index (Phi) is 7.76. The Morgan fingerprint density at radius 2 is 1.91 bits per heavy atom. The molecule has 0 fully saturated rings. The summed E-state index contributed by atoms with van der Waals surface area (Å²) in [7, 11) is 3.37. The van der Waals surface area contributed by atoms with Gasteiger partial charge in [0.25, 0.3) is 5.91 Å². The molecule has 0 saturated carbocycles. The monoisotopic (exact) mass is 473 g/mol. The molecule has 0 bridgehead atoms. The molecule has 0 saturated heterocycles. The quantitative estimate of drug-likeness (QED) is 0.480. The number of nitrogens with one attached hydrogen (secondary N) is 2. The van der Waals surface area contributed by atoms with E-state index >= 15 is 0 Å². The summed E-state index contributed by atoms with van der Waals surface area (Å²) in [5.41, 5.74) is 2.10. The molecule has 1 atom stereocenters. The number of hydrogen-bond acceptors (Lipinski definition) is 6. The van der Waals surface area contributed by atoms with Crippen molar-refractivity contribution in [3.63, 3.8) is 0 Å². The van der Waals surface area contributed by atoms with Gasteiger partial charge in [-0.1, -0.05) is 29.4 Å². The van der Waals surface area contributed by atoms with Crippen molar-refractivity contribution < 1.29 is 14.3 Å². The zero-order chi connectivity index (χ0) is 23.3. The molecule has 1 aromatic heterocycles. The molecular formula is C22H24ClN5O3S. The number of methoxy groups -OCH3 is 1. The minimum absolute atomic E-state index is 0.157. The van der Waals surface area contributed by atoms with Gasteiger partial charge in [0.2, 0.25) is 5.91 Å². The van der Waals surface area contributed by atoms with Crippen LogP contribution in [0.25, 0.3) is 0 Å². The predicted octanol–water partition coefficient (Wildman–Crippen LogP) is 4.01. The number of anilines is 1. The molecule has 0 radical (unpaired) electrons. The van der Waals surface area contributed by atoms with Crippen LogP contribution in [0.4, 0.5) is 5.69 Å². The number of hydrogen-bond donors (Lipinski definition) is 2. The normalized spacial score (nSPS) is 11.7. The Balaban J connectivity index is 1.57. The van der Waals surface area contributed by atoms with Crippen molar-refractivity contribution in [2.45, 2.75) is 25.0 Å². The van der Waals surface area contributed by atoms with Crippen molar-refractivity contribution in [3.05, 3.63) is 64.4 Å². The fraction of sp³-hybridized carbons (Fsp3) is 0.273. The van der Waals surface area contributed by atoms with Gasteiger partial charge in [0.1, 0.15) is 5.75 Å². The third-order valence-electron chi connectivity index (χ3n) is 4.74. The highest BCUT2D eigenvalue weighted by molar-refractivity contribution is 7.99. The molecule has 3 aromatic rings. The van der Waals surface area contributed by atoms with Crippen LogP contribution in [0, 0.1) is 6.92 Å². The molecule has 8 nitrogen and oxygen atoms in total. The molecule has 2 amide bonds. The predicted molar refractivity (Wildman–Crippen MR) is 125 cm³/mol. The Hall–Kier alpha value is -3.04. The van der Waals surface area contributed by atoms with Crippen LogP contribution in [0.1, 0.15) is 34.7 Å². The SMILES string of the molecule is COc1ccc(C(=O)NC(C)c2nnc(SCC(=O)Nc3ccc(C)c(Cl)c3)n2C)cc1. The number of benzene rings is 2. The van der Waals surface area contributed by atoms with Crippen molar-refractivity contribution >= 4 is 40.9 Å². The first-order valence-corrected chi connectivity index (χ1v) is 11.2. The second-order valence-electron chi connectivity index (χ2n) is 7.12. The average molecular weight is 474 g/mol. The maximum Gasteiger partial charge on any atom is 0.251 e. The number of carbonyl (C=O) groups excluding carboxylic acids is 2. The third kappa shape index (κ3) is 5.80. The molecule has 1 heterocycles.